The van der Waals surface area contributed by atoms with Gasteiger partial charge in [0.25, 0.3) is 5.91 Å². The number of hydrogen-bond acceptors (Lipinski definition) is 10. The maximum absolute atomic E-state index is 12.2. The number of carbonyl (C=O) groups is 1. The first-order valence-electron chi connectivity index (χ1n) is 11.8. The minimum atomic E-state index is -1.07. The Labute approximate surface area is 217 Å². The molecule has 1 aliphatic rings. The molecule has 1 aliphatic heterocycles. The van der Waals surface area contributed by atoms with E-state index in [-0.39, 0.29) is 0 Å². The molecule has 0 bridgehead atoms. The molecule has 1 amide bonds. The van der Waals surface area contributed by atoms with Crippen molar-refractivity contribution in [3.63, 3.8) is 0 Å². The smallest absolute Gasteiger partial charge is 0.251 e. The Kier molecular flexibility index (Phi) is 6.87. The van der Waals surface area contributed by atoms with Crippen LogP contribution in [0.25, 0.3) is 10.4 Å². The number of amides is 1. The lowest BCUT2D eigenvalue weighted by Gasteiger charge is -2.27. The van der Waals surface area contributed by atoms with E-state index < -0.39 is 11.5 Å². The molecule has 1 saturated heterocycles. The second kappa shape index (κ2) is 10.2. The maximum Gasteiger partial charge on any atom is 0.251 e. The van der Waals surface area contributed by atoms with Gasteiger partial charge in [-0.05, 0) is 44.2 Å². The summed E-state index contributed by atoms with van der Waals surface area (Å²) < 4.78 is 7.03. The van der Waals surface area contributed by atoms with Gasteiger partial charge in [-0.25, -0.2) is 14.6 Å². The van der Waals surface area contributed by atoms with Crippen LogP contribution in [-0.4, -0.2) is 62.3 Å². The van der Waals surface area contributed by atoms with Gasteiger partial charge in [-0.1, -0.05) is 11.3 Å². The topological polar surface area (TPSA) is 144 Å². The SMILES string of the molecule is CC(C)(O)c1cn(Cc2cccc(Nc3sc(-c4ccc(N5CCOCC5)nc4)cc3C(N)=O)n2)nn1. The van der Waals surface area contributed by atoms with Gasteiger partial charge in [0.15, 0.2) is 0 Å². The molecule has 0 aliphatic carbocycles. The Balaban J connectivity index is 1.34. The van der Waals surface area contributed by atoms with Crippen LogP contribution >= 0.6 is 11.3 Å². The van der Waals surface area contributed by atoms with Gasteiger partial charge in [0.05, 0.1) is 37.2 Å². The van der Waals surface area contributed by atoms with Crippen molar-refractivity contribution in [1.29, 1.82) is 0 Å². The molecule has 0 atom stereocenters. The van der Waals surface area contributed by atoms with Gasteiger partial charge in [-0.2, -0.15) is 0 Å². The predicted octanol–water partition coefficient (Wildman–Crippen LogP) is 2.75. The summed E-state index contributed by atoms with van der Waals surface area (Å²) in [7, 11) is 0. The third kappa shape index (κ3) is 5.77. The number of pyridine rings is 2. The Hall–Kier alpha value is -3.87. The summed E-state index contributed by atoms with van der Waals surface area (Å²) in [5.74, 6) is 0.943. The minimum absolute atomic E-state index is 0.373. The molecular weight excluding hydrogens is 492 g/mol. The van der Waals surface area contributed by atoms with Crippen molar-refractivity contribution in [2.45, 2.75) is 26.0 Å². The van der Waals surface area contributed by atoms with Gasteiger partial charge in [-0.3, -0.25) is 4.79 Å². The fraction of sp³-hybridized carbons (Fsp3) is 0.320. The summed E-state index contributed by atoms with van der Waals surface area (Å²) in [5, 5.41) is 22.1. The van der Waals surface area contributed by atoms with Crippen molar-refractivity contribution in [2.24, 2.45) is 5.73 Å². The van der Waals surface area contributed by atoms with Crippen molar-refractivity contribution in [1.82, 2.24) is 25.0 Å². The molecule has 4 aromatic heterocycles. The highest BCUT2D eigenvalue weighted by Gasteiger charge is 2.20. The first-order chi connectivity index (χ1) is 17.8. The number of nitrogens with one attached hydrogen (secondary N) is 1. The summed E-state index contributed by atoms with van der Waals surface area (Å²) in [6.07, 6.45) is 3.50. The van der Waals surface area contributed by atoms with Gasteiger partial charge in [0, 0.05) is 29.7 Å². The van der Waals surface area contributed by atoms with E-state index in [1.165, 1.54) is 11.3 Å². The number of primary amides is 1. The summed E-state index contributed by atoms with van der Waals surface area (Å²) in [4.78, 5) is 24.5. The minimum Gasteiger partial charge on any atom is -0.384 e. The van der Waals surface area contributed by atoms with E-state index in [0.717, 1.165) is 35.0 Å². The molecule has 11 nitrogen and oxygen atoms in total. The lowest BCUT2D eigenvalue weighted by atomic mass is 10.1. The number of aromatic nitrogens is 5. The van der Waals surface area contributed by atoms with Crippen LogP contribution in [0.3, 0.4) is 0 Å². The molecule has 192 valence electrons. The highest BCUT2D eigenvalue weighted by atomic mass is 32.1. The van der Waals surface area contributed by atoms with Crippen LogP contribution in [0.2, 0.25) is 0 Å². The summed E-state index contributed by atoms with van der Waals surface area (Å²) in [5.41, 5.74) is 7.10. The number of carbonyl (C=O) groups excluding carboxylic acids is 1. The molecule has 5 heterocycles. The van der Waals surface area contributed by atoms with Crippen molar-refractivity contribution in [3.8, 4) is 10.4 Å². The third-order valence-corrected chi connectivity index (χ3v) is 7.00. The van der Waals surface area contributed by atoms with E-state index >= 15 is 0 Å². The second-order valence-electron chi connectivity index (χ2n) is 9.22. The van der Waals surface area contributed by atoms with Gasteiger partial charge in [0.1, 0.15) is 27.9 Å². The van der Waals surface area contributed by atoms with Crippen molar-refractivity contribution >= 4 is 33.9 Å². The summed E-state index contributed by atoms with van der Waals surface area (Å²) in [6, 6.07) is 11.3. The standard InChI is InChI=1S/C25H28N8O3S/c1-25(2,35)20-15-33(31-30-20)14-17-4-3-5-21(28-17)29-24-18(23(26)34)12-19(37-24)16-6-7-22(27-13-16)32-8-10-36-11-9-32/h3-7,12-13,15,35H,8-11,14H2,1-2H3,(H2,26,34)(H,28,29). The monoisotopic (exact) mass is 520 g/mol. The Morgan fingerprint density at radius 2 is 2.05 bits per heavy atom. The van der Waals surface area contributed by atoms with Crippen LogP contribution in [0.4, 0.5) is 16.6 Å². The first kappa shape index (κ1) is 24.8. The molecule has 0 spiro atoms. The number of thiophene rings is 1. The van der Waals surface area contributed by atoms with E-state index in [2.05, 4.69) is 30.5 Å². The van der Waals surface area contributed by atoms with E-state index in [0.29, 0.717) is 41.8 Å². The number of morpholine rings is 1. The lowest BCUT2D eigenvalue weighted by Crippen LogP contribution is -2.36. The zero-order valence-corrected chi connectivity index (χ0v) is 21.4. The van der Waals surface area contributed by atoms with Crippen LogP contribution in [0, 0.1) is 0 Å². The number of aliphatic hydroxyl groups is 1. The van der Waals surface area contributed by atoms with Crippen LogP contribution in [0.5, 0.6) is 0 Å². The fourth-order valence-corrected chi connectivity index (χ4v) is 4.96. The molecule has 0 unspecified atom stereocenters. The van der Waals surface area contributed by atoms with E-state index in [4.69, 9.17) is 10.5 Å². The van der Waals surface area contributed by atoms with Crippen LogP contribution in [0.15, 0.2) is 48.8 Å². The summed E-state index contributed by atoms with van der Waals surface area (Å²) in [6.45, 7) is 6.71. The number of nitrogens with zero attached hydrogens (tertiary/aromatic N) is 6. The molecule has 1 fully saturated rings. The van der Waals surface area contributed by atoms with Crippen LogP contribution in [0.1, 0.15) is 35.6 Å². The largest absolute Gasteiger partial charge is 0.384 e. The summed E-state index contributed by atoms with van der Waals surface area (Å²) >= 11 is 1.41. The fourth-order valence-electron chi connectivity index (χ4n) is 3.90. The molecule has 0 saturated carbocycles. The second-order valence-corrected chi connectivity index (χ2v) is 10.3. The zero-order chi connectivity index (χ0) is 26.0. The van der Waals surface area contributed by atoms with Gasteiger partial charge in [0.2, 0.25) is 0 Å². The molecular formula is C25H28N8O3S. The molecule has 0 radical (unpaired) electrons. The van der Waals surface area contributed by atoms with Gasteiger partial charge >= 0.3 is 0 Å². The molecule has 37 heavy (non-hydrogen) atoms. The number of nitrogens with two attached hydrogens (primary N) is 1. The van der Waals surface area contributed by atoms with Crippen LogP contribution in [-0.2, 0) is 16.9 Å². The highest BCUT2D eigenvalue weighted by Crippen LogP contribution is 2.37. The molecule has 12 heteroatoms. The zero-order valence-electron chi connectivity index (χ0n) is 20.6. The number of hydrogen-bond donors (Lipinski definition) is 3. The van der Waals surface area contributed by atoms with Crippen LogP contribution < -0.4 is 16.0 Å². The van der Waals surface area contributed by atoms with Crippen molar-refractivity contribution in [3.05, 3.63) is 65.7 Å². The Morgan fingerprint density at radius 3 is 2.73 bits per heavy atom. The number of anilines is 3. The third-order valence-electron chi connectivity index (χ3n) is 5.90. The normalized spacial score (nSPS) is 14.1. The highest BCUT2D eigenvalue weighted by molar-refractivity contribution is 7.19. The van der Waals surface area contributed by atoms with Crippen molar-refractivity contribution < 1.29 is 14.6 Å². The molecule has 4 aromatic rings. The lowest BCUT2D eigenvalue weighted by molar-refractivity contribution is 0.0737. The number of rotatable bonds is 8. The Morgan fingerprint density at radius 1 is 1.24 bits per heavy atom. The number of ether oxygens (including phenoxy) is 1. The van der Waals surface area contributed by atoms with Gasteiger partial charge < -0.3 is 25.8 Å². The van der Waals surface area contributed by atoms with E-state index in [1.807, 2.05) is 36.5 Å². The van der Waals surface area contributed by atoms with E-state index in [9.17, 15) is 9.90 Å². The molecule has 0 aromatic carbocycles. The average Bonchev–Trinajstić information content (AvgIpc) is 3.53. The molecule has 5 rings (SSSR count). The Bertz CT molecular complexity index is 1390. The quantitative estimate of drug-likeness (QED) is 0.319. The first-order valence-corrected chi connectivity index (χ1v) is 12.7. The predicted molar refractivity (Wildman–Crippen MR) is 141 cm³/mol. The van der Waals surface area contributed by atoms with Gasteiger partial charge in [-0.15, -0.1) is 16.4 Å². The molecule has 4 N–H and O–H groups in total. The van der Waals surface area contributed by atoms with Crippen molar-refractivity contribution in [2.75, 3.05) is 36.5 Å². The average molecular weight is 521 g/mol. The van der Waals surface area contributed by atoms with E-state index in [1.54, 1.807) is 30.8 Å². The maximum atomic E-state index is 12.2.